The largest absolute Gasteiger partial charge is 2.00 e. The molecule has 0 unspecified atom stereocenters. The van der Waals surface area contributed by atoms with E-state index in [0.717, 1.165) is 21.5 Å². The van der Waals surface area contributed by atoms with Crippen molar-refractivity contribution in [3.63, 3.8) is 0 Å². The average Bonchev–Trinajstić information content (AvgIpc) is 0.842. The molecule has 0 radical (unpaired) electrons. The van der Waals surface area contributed by atoms with E-state index in [2.05, 4.69) is 40.9 Å². The number of benzene rings is 12. The van der Waals surface area contributed by atoms with Crippen LogP contribution in [-0.2, 0) is 40.5 Å². The molecule has 0 spiro atoms. The number of nitrogens with zero attached hydrogens (tertiary/aromatic N) is 8. The van der Waals surface area contributed by atoms with Crippen molar-refractivity contribution in [1.29, 1.82) is 0 Å². The van der Waals surface area contributed by atoms with Crippen molar-refractivity contribution in [2.45, 2.75) is 47.3 Å². The monoisotopic (exact) mass is 1500 g/mol. The topological polar surface area (TPSA) is 409 Å². The average molecular weight is 1500 g/mol. The van der Waals surface area contributed by atoms with E-state index in [0.29, 0.717) is 43.8 Å². The summed E-state index contributed by atoms with van der Waals surface area (Å²) in [4.78, 5) is -1.57. The Balaban J connectivity index is 0.000000165. The Bertz CT molecular complexity index is 4940. The predicted octanol–water partition coefficient (Wildman–Crippen LogP) is 15.7. The van der Waals surface area contributed by atoms with E-state index in [-0.39, 0.29) is 127 Å². The van der Waals surface area contributed by atoms with Crippen molar-refractivity contribution in [3.05, 3.63) is 241 Å². The number of aromatic hydroxyl groups is 2. The van der Waals surface area contributed by atoms with Crippen LogP contribution in [0.15, 0.2) is 279 Å². The van der Waals surface area contributed by atoms with Crippen LogP contribution in [0.4, 0.5) is 45.5 Å². The maximum Gasteiger partial charge on any atom is 2.00 e. The Hall–Kier alpha value is -9.51. The van der Waals surface area contributed by atoms with Crippen LogP contribution in [0, 0.1) is 27.7 Å². The van der Waals surface area contributed by atoms with Gasteiger partial charge in [-0.05, 0) is 132 Å². The first-order valence-electron chi connectivity index (χ1n) is 28.2. The van der Waals surface area contributed by atoms with Gasteiger partial charge >= 0.3 is 48.9 Å². The molecule has 0 aliphatic rings. The SMILES string of the molecule is Cc1ccc(N=Nc2c(O)ccc3ccccc23)c(S(=O)(=O)O)c1.Cc1ccc(N=Nc2c(O)ccc3ccccc23)c(S(=O)(=O)O)c1.Cc1ccc(N=Nc2c([O-])ccc3ccccc23)c(S(=O)(=O)[O-])c1.Cc1ccc(N=Nc2c([O-])ccc3ccccc23)c(S(=O)(=O)[O-])c1.[Ba+2]. The van der Waals surface area contributed by atoms with E-state index in [9.17, 15) is 72.3 Å². The molecule has 0 aliphatic heterocycles. The molecule has 97 heavy (non-hydrogen) atoms. The van der Waals surface area contributed by atoms with Crippen LogP contribution in [0.5, 0.6) is 23.0 Å². The standard InChI is InChI=1S/4C17H14N2O4S.Ba/c4*1-11-6-8-14(16(10-11)24(21,22)23)18-19-17-13-5-3-2-4-12(13)7-9-15(17)20;/h4*2-10,20H,1H3,(H,21,22,23);/q;;;;+2/p-4. The number of azo groups is 4. The maximum atomic E-state index is 12.1. The van der Waals surface area contributed by atoms with E-state index < -0.39 is 50.3 Å². The summed E-state index contributed by atoms with van der Waals surface area (Å²) in [5.41, 5.74) is 3.01. The van der Waals surface area contributed by atoms with Crippen molar-refractivity contribution >= 4 is 178 Å². The van der Waals surface area contributed by atoms with Gasteiger partial charge in [0.1, 0.15) is 75.7 Å². The molecule has 4 N–H and O–H groups in total. The molecule has 29 heteroatoms. The molecule has 0 heterocycles. The van der Waals surface area contributed by atoms with Gasteiger partial charge in [0.05, 0.1) is 21.2 Å². The van der Waals surface area contributed by atoms with Crippen molar-refractivity contribution in [2.24, 2.45) is 40.9 Å². The summed E-state index contributed by atoms with van der Waals surface area (Å²) in [5, 5.41) is 81.5. The number of hydrogen-bond acceptors (Lipinski definition) is 22. The summed E-state index contributed by atoms with van der Waals surface area (Å²) in [7, 11) is -18.2. The summed E-state index contributed by atoms with van der Waals surface area (Å²) >= 11 is 0. The molecule has 488 valence electrons. The van der Waals surface area contributed by atoms with E-state index >= 15 is 0 Å². The second-order valence-corrected chi connectivity index (χ2v) is 26.6. The second-order valence-electron chi connectivity index (χ2n) is 21.1. The van der Waals surface area contributed by atoms with Crippen LogP contribution in [0.2, 0.25) is 0 Å². The number of phenolic OH excluding ortho intramolecular Hbond substituents is 2. The zero-order valence-corrected chi connectivity index (χ0v) is 59.1. The summed E-state index contributed by atoms with van der Waals surface area (Å²) < 4.78 is 133. The molecule has 0 fully saturated rings. The summed E-state index contributed by atoms with van der Waals surface area (Å²) in [6.07, 6.45) is 0. The third kappa shape index (κ3) is 18.5. The number of phenols is 2. The second kappa shape index (κ2) is 31.1. The smallest absolute Gasteiger partial charge is 0.871 e. The fourth-order valence-corrected chi connectivity index (χ4v) is 12.2. The first-order valence-corrected chi connectivity index (χ1v) is 33.9. The van der Waals surface area contributed by atoms with Gasteiger partial charge in [0, 0.05) is 21.5 Å². The fourth-order valence-electron chi connectivity index (χ4n) is 9.42. The molecular weight excluding hydrogens is 1450 g/mol. The van der Waals surface area contributed by atoms with Crippen LogP contribution in [0.1, 0.15) is 22.3 Å². The normalized spacial score (nSPS) is 12.0. The van der Waals surface area contributed by atoms with Crippen LogP contribution in [0.3, 0.4) is 0 Å². The maximum absolute atomic E-state index is 12.1. The van der Waals surface area contributed by atoms with Gasteiger partial charge in [0.25, 0.3) is 20.2 Å². The molecular formula is C68H52BaN8O16S4-2. The molecule has 0 atom stereocenters. The molecule has 0 amide bonds. The zero-order chi connectivity index (χ0) is 69.3. The number of hydrogen-bond donors (Lipinski definition) is 4. The Morgan fingerprint density at radius 1 is 0.299 bits per heavy atom. The van der Waals surface area contributed by atoms with Gasteiger partial charge in [0.15, 0.2) is 0 Å². The molecule has 0 aliphatic carbocycles. The molecule has 0 bridgehead atoms. The van der Waals surface area contributed by atoms with Gasteiger partial charge in [-0.2, -0.15) is 27.1 Å². The molecule has 12 rings (SSSR count). The molecule has 0 aromatic heterocycles. The Labute approximate surface area is 596 Å². The van der Waals surface area contributed by atoms with E-state index in [1.165, 1.54) is 72.8 Å². The zero-order valence-electron chi connectivity index (χ0n) is 51.4. The number of fused-ring (bicyclic) bond motifs is 4. The summed E-state index contributed by atoms with van der Waals surface area (Å²) in [6, 6.07) is 58.8. The molecule has 0 saturated carbocycles. The predicted molar refractivity (Wildman–Crippen MR) is 361 cm³/mol. The minimum absolute atomic E-state index is 0. The van der Waals surface area contributed by atoms with Crippen LogP contribution < -0.4 is 10.2 Å². The van der Waals surface area contributed by atoms with E-state index in [4.69, 9.17) is 0 Å². The first-order chi connectivity index (χ1) is 45.4. The molecule has 12 aromatic carbocycles. The number of aryl methyl sites for hydroxylation is 4. The third-order valence-electron chi connectivity index (χ3n) is 14.1. The van der Waals surface area contributed by atoms with Crippen molar-refractivity contribution < 1.29 is 72.3 Å². The molecule has 12 aromatic rings. The van der Waals surface area contributed by atoms with Crippen molar-refractivity contribution in [2.75, 3.05) is 0 Å². The van der Waals surface area contributed by atoms with Gasteiger partial charge < -0.3 is 29.5 Å². The Kier molecular flexibility index (Phi) is 23.5. The minimum Gasteiger partial charge on any atom is -0.871 e. The Morgan fingerprint density at radius 3 is 0.814 bits per heavy atom. The van der Waals surface area contributed by atoms with Crippen molar-refractivity contribution in [3.8, 4) is 23.0 Å². The van der Waals surface area contributed by atoms with Crippen LogP contribution in [-0.4, -0.2) is 111 Å². The van der Waals surface area contributed by atoms with E-state index in [1.54, 1.807) is 125 Å². The van der Waals surface area contributed by atoms with Gasteiger partial charge in [-0.15, -0.1) is 30.7 Å². The molecule has 24 nitrogen and oxygen atoms in total. The quantitative estimate of drug-likeness (QED) is 0.0501. The van der Waals surface area contributed by atoms with Gasteiger partial charge in [-0.3, -0.25) is 9.11 Å². The summed E-state index contributed by atoms with van der Waals surface area (Å²) in [5.74, 6) is -0.817. The van der Waals surface area contributed by atoms with Crippen LogP contribution in [0.25, 0.3) is 43.1 Å². The van der Waals surface area contributed by atoms with Gasteiger partial charge in [0.2, 0.25) is 0 Å². The Morgan fingerprint density at radius 2 is 0.536 bits per heavy atom. The fraction of sp³-hybridized carbons (Fsp3) is 0.0588. The first kappa shape index (κ1) is 73.3. The summed E-state index contributed by atoms with van der Waals surface area (Å²) in [6.45, 7) is 6.73. The minimum atomic E-state index is -4.69. The van der Waals surface area contributed by atoms with Gasteiger partial charge in [-0.25, -0.2) is 16.8 Å². The molecule has 0 saturated heterocycles. The van der Waals surface area contributed by atoms with Crippen molar-refractivity contribution in [1.82, 2.24) is 0 Å². The number of rotatable bonds is 12. The van der Waals surface area contributed by atoms with Gasteiger partial charge in [-0.1, -0.05) is 169 Å². The third-order valence-corrected chi connectivity index (χ3v) is 17.6. The van der Waals surface area contributed by atoms with Crippen LogP contribution >= 0.6 is 0 Å². The van der Waals surface area contributed by atoms with E-state index in [1.807, 2.05) is 48.5 Å².